The largest absolute Gasteiger partial charge is 0.478 e. The summed E-state index contributed by atoms with van der Waals surface area (Å²) in [5.41, 5.74) is 5.24. The summed E-state index contributed by atoms with van der Waals surface area (Å²) in [6.45, 7) is 0. The van der Waals surface area contributed by atoms with Crippen LogP contribution in [0.1, 0.15) is 20.8 Å². The fraction of sp³-hybridized carbons (Fsp3) is 0. The number of pyridine rings is 2. The number of nitrogen functional groups attached to an aromatic ring is 1. The van der Waals surface area contributed by atoms with E-state index in [1.807, 2.05) is 0 Å². The minimum absolute atomic E-state index is 0.0114. The van der Waals surface area contributed by atoms with Crippen molar-refractivity contribution in [2.75, 3.05) is 5.73 Å². The predicted octanol–water partition coefficient (Wildman–Crippen LogP) is 11.1. The molecule has 0 unspecified atom stereocenters. The molecule has 5 aromatic heterocycles. The SMILES string of the molecule is Nc1c(Cl)cc(Cl)cc1C(=O)O.O=C(O)c1cc(Br)nn1-c1ncc(Cl)cc1Cl.O=c1oc(-c2cc(Br)nn2-c2ncc(Cl)cc2Cl)nc2c(Cl)cc(Cl)cc12. The lowest BCUT2D eigenvalue weighted by Gasteiger charge is -2.08. The van der Waals surface area contributed by atoms with Crippen LogP contribution < -0.4 is 11.4 Å². The molecular formula is C32H14Br2Cl8N8O6. The van der Waals surface area contributed by atoms with Gasteiger partial charge in [0.25, 0.3) is 0 Å². The van der Waals surface area contributed by atoms with Gasteiger partial charge in [-0.25, -0.2) is 38.7 Å². The molecule has 7 aromatic rings. The topological polar surface area (TPSA) is 205 Å². The van der Waals surface area contributed by atoms with Crippen LogP contribution in [0.25, 0.3) is 34.1 Å². The molecule has 5 heterocycles. The molecule has 0 aliphatic rings. The highest BCUT2D eigenvalue weighted by molar-refractivity contribution is 9.10. The van der Waals surface area contributed by atoms with Gasteiger partial charge in [0.1, 0.15) is 20.4 Å². The second-order valence-electron chi connectivity index (χ2n) is 10.5. The van der Waals surface area contributed by atoms with Crippen LogP contribution in [0.4, 0.5) is 5.69 Å². The maximum atomic E-state index is 12.4. The van der Waals surface area contributed by atoms with Gasteiger partial charge in [-0.05, 0) is 68.3 Å². The van der Waals surface area contributed by atoms with E-state index in [4.69, 9.17) is 113 Å². The quantitative estimate of drug-likeness (QED) is 0.138. The molecule has 56 heavy (non-hydrogen) atoms. The van der Waals surface area contributed by atoms with E-state index in [0.29, 0.717) is 30.0 Å². The Morgan fingerprint density at radius 3 is 1.75 bits per heavy atom. The number of hydrogen-bond donors (Lipinski definition) is 3. The summed E-state index contributed by atoms with van der Waals surface area (Å²) in [6.07, 6.45) is 2.79. The molecule has 0 atom stereocenters. The van der Waals surface area contributed by atoms with E-state index in [2.05, 4.69) is 57.0 Å². The fourth-order valence-electron chi connectivity index (χ4n) is 4.43. The number of benzene rings is 2. The average molecular weight is 1050 g/mol. The third-order valence-electron chi connectivity index (χ3n) is 6.75. The molecule has 2 aromatic carbocycles. The first-order chi connectivity index (χ1) is 26.3. The lowest BCUT2D eigenvalue weighted by atomic mass is 10.2. The van der Waals surface area contributed by atoms with Crippen LogP contribution in [0.2, 0.25) is 40.2 Å². The van der Waals surface area contributed by atoms with E-state index in [9.17, 15) is 14.4 Å². The van der Waals surface area contributed by atoms with Crippen molar-refractivity contribution >= 4 is 153 Å². The smallest absolute Gasteiger partial charge is 0.354 e. The Bertz CT molecular complexity index is 2750. The molecule has 0 saturated heterocycles. The molecule has 24 heteroatoms. The normalized spacial score (nSPS) is 10.8. The number of aromatic nitrogens is 7. The summed E-state index contributed by atoms with van der Waals surface area (Å²) < 4.78 is 8.70. The van der Waals surface area contributed by atoms with Crippen molar-refractivity contribution in [2.24, 2.45) is 0 Å². The molecule has 288 valence electrons. The second kappa shape index (κ2) is 18.3. The lowest BCUT2D eigenvalue weighted by molar-refractivity contribution is 0.0680. The summed E-state index contributed by atoms with van der Waals surface area (Å²) in [7, 11) is 0. The summed E-state index contributed by atoms with van der Waals surface area (Å²) in [4.78, 5) is 46.5. The van der Waals surface area contributed by atoms with Gasteiger partial charge in [0.05, 0.1) is 46.8 Å². The van der Waals surface area contributed by atoms with E-state index in [0.717, 1.165) is 4.68 Å². The van der Waals surface area contributed by atoms with Gasteiger partial charge in [0.2, 0.25) is 5.89 Å². The number of rotatable bonds is 5. The third kappa shape index (κ3) is 10.1. The van der Waals surface area contributed by atoms with Crippen LogP contribution in [0, 0.1) is 0 Å². The molecule has 0 spiro atoms. The van der Waals surface area contributed by atoms with Gasteiger partial charge in [-0.2, -0.15) is 10.2 Å². The molecule has 0 aliphatic heterocycles. The molecule has 0 aliphatic carbocycles. The van der Waals surface area contributed by atoms with Gasteiger partial charge < -0.3 is 20.4 Å². The van der Waals surface area contributed by atoms with Crippen molar-refractivity contribution < 1.29 is 24.2 Å². The molecular weight excluding hydrogens is 1040 g/mol. The molecule has 0 fully saturated rings. The lowest BCUT2D eigenvalue weighted by Crippen LogP contribution is -2.09. The highest BCUT2D eigenvalue weighted by Crippen LogP contribution is 2.32. The second-order valence-corrected chi connectivity index (χ2v) is 15.5. The first kappa shape index (κ1) is 43.4. The summed E-state index contributed by atoms with van der Waals surface area (Å²) in [5.74, 6) is -1.79. The van der Waals surface area contributed by atoms with Crippen molar-refractivity contribution in [1.82, 2.24) is 34.5 Å². The Kier molecular flexibility index (Phi) is 14.2. The zero-order valence-corrected chi connectivity index (χ0v) is 36.0. The highest BCUT2D eigenvalue weighted by Gasteiger charge is 2.21. The number of carbonyl (C=O) groups is 2. The number of fused-ring (bicyclic) bond motifs is 1. The number of aromatic carboxylic acids is 2. The Balaban J connectivity index is 0.000000177. The number of nitrogens with zero attached hydrogens (tertiary/aromatic N) is 7. The molecule has 0 radical (unpaired) electrons. The van der Waals surface area contributed by atoms with Gasteiger partial charge in [-0.15, -0.1) is 0 Å². The third-order valence-corrected chi connectivity index (χ3v) is 9.53. The Morgan fingerprint density at radius 1 is 0.661 bits per heavy atom. The predicted molar refractivity (Wildman–Crippen MR) is 222 cm³/mol. The van der Waals surface area contributed by atoms with Gasteiger partial charge in [0, 0.05) is 34.6 Å². The zero-order chi connectivity index (χ0) is 41.2. The molecule has 0 amide bonds. The summed E-state index contributed by atoms with van der Waals surface area (Å²) in [6, 6.07) is 11.5. The van der Waals surface area contributed by atoms with Crippen LogP contribution in [0.5, 0.6) is 0 Å². The Morgan fingerprint density at radius 2 is 1.18 bits per heavy atom. The minimum Gasteiger partial charge on any atom is -0.478 e. The molecule has 0 saturated carbocycles. The van der Waals surface area contributed by atoms with Crippen molar-refractivity contribution in [3.63, 3.8) is 0 Å². The number of carboxylic acid groups (broad SMARTS) is 2. The fourth-order valence-corrected chi connectivity index (χ4v) is 7.13. The van der Waals surface area contributed by atoms with E-state index < -0.39 is 17.6 Å². The number of nitrogens with two attached hydrogens (primary N) is 1. The summed E-state index contributed by atoms with van der Waals surface area (Å²) >= 11 is 53.4. The van der Waals surface area contributed by atoms with E-state index in [-0.39, 0.29) is 70.5 Å². The number of anilines is 1. The molecule has 14 nitrogen and oxygen atoms in total. The highest BCUT2D eigenvalue weighted by atomic mass is 79.9. The van der Waals surface area contributed by atoms with Crippen LogP contribution in [-0.2, 0) is 0 Å². The van der Waals surface area contributed by atoms with E-state index >= 15 is 0 Å². The van der Waals surface area contributed by atoms with Crippen LogP contribution in [0.15, 0.2) is 79.3 Å². The van der Waals surface area contributed by atoms with Crippen LogP contribution in [-0.4, -0.2) is 56.7 Å². The van der Waals surface area contributed by atoms with Crippen molar-refractivity contribution in [3.05, 3.63) is 132 Å². The standard InChI is InChI=1S/C16H5BrCl4N4O2.C9H4BrCl2N3O2.C7H5Cl2NO2/c17-12-4-11(25(24-12)14-10(21)3-7(19)5-22-14)15-23-13-8(16(26)27-15)1-6(18)2-9(13)20;10-7-2-6(9(16)17)15(14-7)8-5(12)1-4(11)3-13-8;8-3-1-4(7(11)12)6(10)5(9)2-3/h1-5H;1-3H,(H,16,17);1-2H,10H2,(H,11,12). The van der Waals surface area contributed by atoms with Crippen molar-refractivity contribution in [1.29, 1.82) is 0 Å². The maximum Gasteiger partial charge on any atom is 0.354 e. The van der Waals surface area contributed by atoms with E-state index in [1.54, 1.807) is 6.07 Å². The maximum absolute atomic E-state index is 12.4. The Labute approximate surface area is 369 Å². The average Bonchev–Trinajstić information content (AvgIpc) is 3.69. The van der Waals surface area contributed by atoms with Gasteiger partial charge in [-0.3, -0.25) is 0 Å². The van der Waals surface area contributed by atoms with Crippen LogP contribution in [0.3, 0.4) is 0 Å². The molecule has 0 bridgehead atoms. The molecule has 4 N–H and O–H groups in total. The Hall–Kier alpha value is -3.68. The van der Waals surface area contributed by atoms with Crippen molar-refractivity contribution in [2.45, 2.75) is 0 Å². The zero-order valence-electron chi connectivity index (χ0n) is 26.8. The van der Waals surface area contributed by atoms with E-state index in [1.165, 1.54) is 59.5 Å². The van der Waals surface area contributed by atoms with Gasteiger partial charge in [-0.1, -0.05) is 92.8 Å². The summed E-state index contributed by atoms with van der Waals surface area (Å²) in [5, 5.41) is 28.2. The van der Waals surface area contributed by atoms with Gasteiger partial charge in [0.15, 0.2) is 17.3 Å². The molecule has 7 rings (SSSR count). The number of carboxylic acids is 2. The van der Waals surface area contributed by atoms with Crippen molar-refractivity contribution in [3.8, 4) is 23.2 Å². The minimum atomic E-state index is -1.14. The monoisotopic (exact) mass is 1040 g/mol. The number of halogens is 10. The first-order valence-electron chi connectivity index (χ1n) is 14.5. The van der Waals surface area contributed by atoms with Gasteiger partial charge >= 0.3 is 17.6 Å². The number of hydrogen-bond acceptors (Lipinski definition) is 10. The van der Waals surface area contributed by atoms with Crippen LogP contribution >= 0.6 is 125 Å². The first-order valence-corrected chi connectivity index (χ1v) is 19.1.